The zero-order valence-corrected chi connectivity index (χ0v) is 47.8. The van der Waals surface area contributed by atoms with Crippen LogP contribution in [-0.2, 0) is 28.6 Å². The lowest BCUT2D eigenvalue weighted by atomic mass is 10.0. The van der Waals surface area contributed by atoms with Crippen LogP contribution in [0.1, 0.15) is 342 Å². The summed E-state index contributed by atoms with van der Waals surface area (Å²) in [5, 5.41) is 0. The minimum atomic E-state index is -0.780. The van der Waals surface area contributed by atoms with Gasteiger partial charge in [0.25, 0.3) is 0 Å². The maximum Gasteiger partial charge on any atom is 0.306 e. The molecular weight excluding hydrogens is 877 g/mol. The first-order valence-electron chi connectivity index (χ1n) is 31.5. The van der Waals surface area contributed by atoms with Gasteiger partial charge in [0, 0.05) is 19.3 Å². The number of hydrogen-bond donors (Lipinski definition) is 0. The smallest absolute Gasteiger partial charge is 0.306 e. The molecule has 6 heteroatoms. The van der Waals surface area contributed by atoms with E-state index < -0.39 is 6.10 Å². The lowest BCUT2D eigenvalue weighted by Gasteiger charge is -2.18. The van der Waals surface area contributed by atoms with Gasteiger partial charge in [-0.25, -0.2) is 0 Å². The average molecular weight is 998 g/mol. The van der Waals surface area contributed by atoms with Crippen molar-refractivity contribution in [1.29, 1.82) is 0 Å². The SMILES string of the molecule is CCC/C=C\C/C=C\CCCCCCCC(=O)OCC(COC(=O)CCCCCCCCCCCCCCCCCCCCCCCCCCC)OC(=O)CCCCCCC/C=C\CCCCCCCC. The molecule has 0 N–H and O–H groups in total. The number of carbonyl (C=O) groups excluding carboxylic acids is 3. The molecule has 0 aromatic rings. The van der Waals surface area contributed by atoms with Gasteiger partial charge in [0.1, 0.15) is 13.2 Å². The molecule has 0 saturated heterocycles. The van der Waals surface area contributed by atoms with Gasteiger partial charge in [-0.05, 0) is 70.6 Å². The number of carbonyl (C=O) groups is 3. The van der Waals surface area contributed by atoms with Gasteiger partial charge in [-0.2, -0.15) is 0 Å². The largest absolute Gasteiger partial charge is 0.462 e. The van der Waals surface area contributed by atoms with Crippen molar-refractivity contribution in [3.8, 4) is 0 Å². The Labute approximate surface area is 442 Å². The molecule has 0 amide bonds. The molecule has 0 fully saturated rings. The predicted molar refractivity (Wildman–Crippen MR) is 307 cm³/mol. The summed E-state index contributed by atoms with van der Waals surface area (Å²) in [7, 11) is 0. The van der Waals surface area contributed by atoms with Gasteiger partial charge in [-0.3, -0.25) is 14.4 Å². The van der Waals surface area contributed by atoms with Crippen molar-refractivity contribution in [2.75, 3.05) is 13.2 Å². The zero-order chi connectivity index (χ0) is 51.4. The summed E-state index contributed by atoms with van der Waals surface area (Å²) in [4.78, 5) is 38.2. The van der Waals surface area contributed by atoms with Crippen LogP contribution in [0, 0.1) is 0 Å². The quantitative estimate of drug-likeness (QED) is 0.0261. The topological polar surface area (TPSA) is 78.9 Å². The summed E-state index contributed by atoms with van der Waals surface area (Å²) < 4.78 is 16.9. The van der Waals surface area contributed by atoms with E-state index in [1.807, 2.05) is 0 Å². The molecule has 0 aromatic heterocycles. The van der Waals surface area contributed by atoms with E-state index in [1.54, 1.807) is 0 Å². The zero-order valence-electron chi connectivity index (χ0n) is 47.8. The van der Waals surface area contributed by atoms with Gasteiger partial charge in [0.05, 0.1) is 0 Å². The molecule has 0 spiro atoms. The first kappa shape index (κ1) is 68.6. The standard InChI is InChI=1S/C65H120O6/c1-4-7-10-13-16-19-22-25-27-28-29-30-31-32-33-34-35-36-38-40-43-46-49-52-55-58-64(67)70-61-62(60-69-63(66)57-54-51-48-45-42-39-24-21-18-15-12-9-6-3)71-65(68)59-56-53-50-47-44-41-37-26-23-20-17-14-11-8-5-2/h12,15,21,24,26,37,62H,4-11,13-14,16-20,22-23,25,27-36,38-61H2,1-3H3/b15-12-,24-21-,37-26-. The normalized spacial score (nSPS) is 12.2. The van der Waals surface area contributed by atoms with Crippen LogP contribution in [-0.4, -0.2) is 37.2 Å². The number of unbranched alkanes of at least 4 members (excludes halogenated alkanes) is 41. The van der Waals surface area contributed by atoms with Crippen LogP contribution in [0.4, 0.5) is 0 Å². The van der Waals surface area contributed by atoms with Crippen LogP contribution in [0.15, 0.2) is 36.5 Å². The fourth-order valence-electron chi connectivity index (χ4n) is 9.36. The fraction of sp³-hybridized carbons (Fsp3) is 0.862. The van der Waals surface area contributed by atoms with Crippen LogP contribution in [0.3, 0.4) is 0 Å². The van der Waals surface area contributed by atoms with E-state index >= 15 is 0 Å². The molecule has 0 radical (unpaired) electrons. The second-order valence-corrected chi connectivity index (χ2v) is 21.3. The Morgan fingerprint density at radius 1 is 0.282 bits per heavy atom. The first-order valence-corrected chi connectivity index (χ1v) is 31.5. The Morgan fingerprint density at radius 2 is 0.535 bits per heavy atom. The molecule has 0 heterocycles. The van der Waals surface area contributed by atoms with E-state index in [2.05, 4.69) is 57.2 Å². The summed E-state index contributed by atoms with van der Waals surface area (Å²) in [6.45, 7) is 6.60. The van der Waals surface area contributed by atoms with Gasteiger partial charge in [-0.1, -0.05) is 288 Å². The number of ether oxygens (including phenoxy) is 3. The molecule has 1 atom stereocenters. The molecule has 0 aliphatic heterocycles. The van der Waals surface area contributed by atoms with E-state index in [0.29, 0.717) is 19.3 Å². The van der Waals surface area contributed by atoms with Crippen molar-refractivity contribution in [2.45, 2.75) is 348 Å². The summed E-state index contributed by atoms with van der Waals surface area (Å²) in [6.07, 6.45) is 73.0. The molecule has 0 rings (SSSR count). The fourth-order valence-corrected chi connectivity index (χ4v) is 9.36. The maximum atomic E-state index is 12.9. The molecular formula is C65H120O6. The van der Waals surface area contributed by atoms with E-state index in [0.717, 1.165) is 89.9 Å². The Kier molecular flexibility index (Phi) is 58.2. The number of hydrogen-bond acceptors (Lipinski definition) is 6. The number of esters is 3. The second-order valence-electron chi connectivity index (χ2n) is 21.3. The molecule has 0 aromatic carbocycles. The third-order valence-corrected chi connectivity index (χ3v) is 14.1. The highest BCUT2D eigenvalue weighted by Gasteiger charge is 2.19. The van der Waals surface area contributed by atoms with Crippen molar-refractivity contribution in [3.05, 3.63) is 36.5 Å². The molecule has 416 valence electrons. The van der Waals surface area contributed by atoms with E-state index in [4.69, 9.17) is 14.2 Å². The van der Waals surface area contributed by atoms with E-state index in [1.165, 1.54) is 212 Å². The second kappa shape index (κ2) is 60.2. The Morgan fingerprint density at radius 3 is 0.845 bits per heavy atom. The average Bonchev–Trinajstić information content (AvgIpc) is 3.37. The Balaban J connectivity index is 4.22. The summed E-state index contributed by atoms with van der Waals surface area (Å²) in [6, 6.07) is 0. The lowest BCUT2D eigenvalue weighted by molar-refractivity contribution is -0.167. The molecule has 0 aliphatic carbocycles. The third-order valence-electron chi connectivity index (χ3n) is 14.1. The minimum Gasteiger partial charge on any atom is -0.462 e. The highest BCUT2D eigenvalue weighted by molar-refractivity contribution is 5.71. The number of rotatable bonds is 58. The van der Waals surface area contributed by atoms with Crippen LogP contribution in [0.5, 0.6) is 0 Å². The molecule has 71 heavy (non-hydrogen) atoms. The van der Waals surface area contributed by atoms with Crippen LogP contribution >= 0.6 is 0 Å². The van der Waals surface area contributed by atoms with Crippen molar-refractivity contribution in [1.82, 2.24) is 0 Å². The molecule has 0 aliphatic rings. The Bertz CT molecular complexity index is 1190. The third kappa shape index (κ3) is 58.4. The van der Waals surface area contributed by atoms with Crippen molar-refractivity contribution in [2.24, 2.45) is 0 Å². The van der Waals surface area contributed by atoms with Gasteiger partial charge in [0.15, 0.2) is 6.10 Å². The van der Waals surface area contributed by atoms with E-state index in [-0.39, 0.29) is 31.1 Å². The highest BCUT2D eigenvalue weighted by atomic mass is 16.6. The van der Waals surface area contributed by atoms with Crippen LogP contribution < -0.4 is 0 Å². The van der Waals surface area contributed by atoms with Gasteiger partial charge in [-0.15, -0.1) is 0 Å². The number of allylic oxidation sites excluding steroid dienone is 6. The van der Waals surface area contributed by atoms with Gasteiger partial charge < -0.3 is 14.2 Å². The first-order chi connectivity index (χ1) is 35.0. The summed E-state index contributed by atoms with van der Waals surface area (Å²) >= 11 is 0. The summed E-state index contributed by atoms with van der Waals surface area (Å²) in [5.41, 5.74) is 0. The van der Waals surface area contributed by atoms with Crippen molar-refractivity contribution >= 4 is 17.9 Å². The molecule has 0 saturated carbocycles. The van der Waals surface area contributed by atoms with Crippen LogP contribution in [0.25, 0.3) is 0 Å². The van der Waals surface area contributed by atoms with Crippen molar-refractivity contribution in [3.63, 3.8) is 0 Å². The van der Waals surface area contributed by atoms with Gasteiger partial charge >= 0.3 is 17.9 Å². The highest BCUT2D eigenvalue weighted by Crippen LogP contribution is 2.18. The molecule has 1 unspecified atom stereocenters. The predicted octanol–water partition coefficient (Wildman–Crippen LogP) is 21.2. The van der Waals surface area contributed by atoms with E-state index in [9.17, 15) is 14.4 Å². The monoisotopic (exact) mass is 997 g/mol. The summed E-state index contributed by atoms with van der Waals surface area (Å²) in [5.74, 6) is -0.880. The maximum absolute atomic E-state index is 12.9. The van der Waals surface area contributed by atoms with Crippen molar-refractivity contribution < 1.29 is 28.6 Å². The van der Waals surface area contributed by atoms with Gasteiger partial charge in [0.2, 0.25) is 0 Å². The molecule has 0 bridgehead atoms. The lowest BCUT2D eigenvalue weighted by Crippen LogP contribution is -2.30. The molecule has 6 nitrogen and oxygen atoms in total. The minimum absolute atomic E-state index is 0.0762. The Hall–Kier alpha value is -2.37. The van der Waals surface area contributed by atoms with Crippen LogP contribution in [0.2, 0.25) is 0 Å².